The number of hydrogen-bond acceptors (Lipinski definition) is 4. The Balaban J connectivity index is 1.56. The van der Waals surface area contributed by atoms with Crippen molar-refractivity contribution in [3.8, 4) is 11.4 Å². The number of methoxy groups -OCH3 is 1. The molecule has 4 aromatic rings. The number of nitrogens with zero attached hydrogens (tertiary/aromatic N) is 2. The molecule has 0 radical (unpaired) electrons. The van der Waals surface area contributed by atoms with Gasteiger partial charge in [-0.3, -0.25) is 9.59 Å². The lowest BCUT2D eigenvalue weighted by Gasteiger charge is -2.12. The molecule has 3 aromatic carbocycles. The van der Waals surface area contributed by atoms with E-state index in [1.54, 1.807) is 79.4 Å². The minimum absolute atomic E-state index is 0.327. The zero-order valence-electron chi connectivity index (χ0n) is 18.0. The Bertz CT molecular complexity index is 1330. The van der Waals surface area contributed by atoms with Gasteiger partial charge in [0.05, 0.1) is 41.5 Å². The largest absolute Gasteiger partial charge is 0.497 e. The first-order valence-corrected chi connectivity index (χ1v) is 10.5. The van der Waals surface area contributed by atoms with Gasteiger partial charge in [-0.15, -0.1) is 0 Å². The normalized spacial score (nSPS) is 10.5. The van der Waals surface area contributed by atoms with Crippen LogP contribution in [-0.4, -0.2) is 28.7 Å². The molecule has 0 atom stereocenters. The molecule has 0 aliphatic heterocycles. The Morgan fingerprint density at radius 3 is 2.45 bits per heavy atom. The molecule has 166 valence electrons. The predicted octanol–water partition coefficient (Wildman–Crippen LogP) is 5.35. The number of nitrogens with one attached hydrogen (secondary N) is 2. The van der Waals surface area contributed by atoms with E-state index >= 15 is 0 Å². The Hall–Kier alpha value is -4.10. The minimum Gasteiger partial charge on any atom is -0.497 e. The van der Waals surface area contributed by atoms with Gasteiger partial charge in [0.15, 0.2) is 0 Å². The number of aromatic nitrogens is 2. The fourth-order valence-electron chi connectivity index (χ4n) is 3.38. The molecule has 0 spiro atoms. The van der Waals surface area contributed by atoms with Gasteiger partial charge in [-0.25, -0.2) is 4.68 Å². The van der Waals surface area contributed by atoms with Gasteiger partial charge in [-0.1, -0.05) is 35.9 Å². The minimum atomic E-state index is -0.373. The van der Waals surface area contributed by atoms with E-state index in [1.807, 2.05) is 12.1 Å². The van der Waals surface area contributed by atoms with Crippen LogP contribution in [0.4, 0.5) is 11.4 Å². The molecule has 0 aliphatic rings. The van der Waals surface area contributed by atoms with Crippen molar-refractivity contribution in [2.24, 2.45) is 0 Å². The van der Waals surface area contributed by atoms with Crippen LogP contribution < -0.4 is 15.4 Å². The topological polar surface area (TPSA) is 85.2 Å². The Morgan fingerprint density at radius 2 is 1.67 bits per heavy atom. The summed E-state index contributed by atoms with van der Waals surface area (Å²) >= 11 is 6.08. The van der Waals surface area contributed by atoms with E-state index in [0.717, 1.165) is 5.69 Å². The smallest absolute Gasteiger partial charge is 0.259 e. The highest BCUT2D eigenvalue weighted by Gasteiger charge is 2.18. The highest BCUT2D eigenvalue weighted by Crippen LogP contribution is 2.22. The Labute approximate surface area is 196 Å². The average Bonchev–Trinajstić information content (AvgIpc) is 3.21. The fraction of sp³-hybridized carbons (Fsp3) is 0.0800. The number of para-hydroxylation sites is 1. The van der Waals surface area contributed by atoms with Crippen molar-refractivity contribution in [1.29, 1.82) is 0 Å². The van der Waals surface area contributed by atoms with Crippen LogP contribution in [0.1, 0.15) is 26.4 Å². The third-order valence-electron chi connectivity index (χ3n) is 5.05. The van der Waals surface area contributed by atoms with Gasteiger partial charge in [0.25, 0.3) is 11.8 Å². The van der Waals surface area contributed by atoms with Crippen LogP contribution in [0, 0.1) is 6.92 Å². The first kappa shape index (κ1) is 22.1. The van der Waals surface area contributed by atoms with E-state index in [2.05, 4.69) is 15.7 Å². The van der Waals surface area contributed by atoms with E-state index in [4.69, 9.17) is 16.3 Å². The van der Waals surface area contributed by atoms with Crippen LogP contribution >= 0.6 is 11.6 Å². The van der Waals surface area contributed by atoms with Crippen molar-refractivity contribution in [1.82, 2.24) is 9.78 Å². The molecule has 8 heteroatoms. The van der Waals surface area contributed by atoms with Crippen molar-refractivity contribution in [3.05, 3.63) is 101 Å². The number of ether oxygens (including phenoxy) is 1. The summed E-state index contributed by atoms with van der Waals surface area (Å²) < 4.78 is 6.84. The first-order chi connectivity index (χ1) is 16.0. The number of anilines is 2. The zero-order chi connectivity index (χ0) is 23.4. The molecular formula is C25H21ClN4O3. The summed E-state index contributed by atoms with van der Waals surface area (Å²) in [7, 11) is 1.56. The summed E-state index contributed by atoms with van der Waals surface area (Å²) in [5.41, 5.74) is 3.08. The first-order valence-electron chi connectivity index (χ1n) is 10.1. The van der Waals surface area contributed by atoms with Crippen LogP contribution in [0.3, 0.4) is 0 Å². The molecule has 0 saturated carbocycles. The standard InChI is InChI=1S/C25H21ClN4O3/c1-16-22(15-27-30(16)19-9-5-7-17(26)13-19)25(32)29-23-12-4-3-11-21(23)24(31)28-18-8-6-10-20(14-18)33-2/h3-15H,1-2H3,(H,28,31)(H,29,32). The van der Waals surface area contributed by atoms with Crippen molar-refractivity contribution < 1.29 is 14.3 Å². The molecule has 4 rings (SSSR count). The number of halogens is 1. The van der Waals surface area contributed by atoms with E-state index < -0.39 is 0 Å². The van der Waals surface area contributed by atoms with E-state index in [1.165, 1.54) is 6.20 Å². The van der Waals surface area contributed by atoms with Crippen molar-refractivity contribution in [2.45, 2.75) is 6.92 Å². The van der Waals surface area contributed by atoms with Crippen LogP contribution in [0.5, 0.6) is 5.75 Å². The summed E-state index contributed by atoms with van der Waals surface area (Å²) in [6.45, 7) is 1.80. The molecule has 1 heterocycles. The molecule has 2 N–H and O–H groups in total. The zero-order valence-corrected chi connectivity index (χ0v) is 18.8. The second-order valence-electron chi connectivity index (χ2n) is 7.22. The summed E-state index contributed by atoms with van der Waals surface area (Å²) in [6, 6.07) is 21.1. The number of benzene rings is 3. The van der Waals surface area contributed by atoms with Gasteiger partial charge >= 0.3 is 0 Å². The van der Waals surface area contributed by atoms with Crippen molar-refractivity contribution >= 4 is 34.8 Å². The molecule has 0 fully saturated rings. The van der Waals surface area contributed by atoms with Crippen molar-refractivity contribution in [3.63, 3.8) is 0 Å². The van der Waals surface area contributed by atoms with Crippen LogP contribution in [0.2, 0.25) is 5.02 Å². The lowest BCUT2D eigenvalue weighted by atomic mass is 10.1. The third kappa shape index (κ3) is 4.88. The lowest BCUT2D eigenvalue weighted by Crippen LogP contribution is -2.18. The van der Waals surface area contributed by atoms with Crippen LogP contribution in [0.15, 0.2) is 79.0 Å². The van der Waals surface area contributed by atoms with Gasteiger partial charge in [0.1, 0.15) is 5.75 Å². The third-order valence-corrected chi connectivity index (χ3v) is 5.29. The maximum absolute atomic E-state index is 13.0. The predicted molar refractivity (Wildman–Crippen MR) is 129 cm³/mol. The maximum atomic E-state index is 13.0. The van der Waals surface area contributed by atoms with Gasteiger partial charge in [-0.05, 0) is 49.4 Å². The molecule has 7 nitrogen and oxygen atoms in total. The Morgan fingerprint density at radius 1 is 0.909 bits per heavy atom. The summed E-state index contributed by atoms with van der Waals surface area (Å²) in [5.74, 6) is -0.102. The highest BCUT2D eigenvalue weighted by atomic mass is 35.5. The van der Waals surface area contributed by atoms with Gasteiger partial charge in [0.2, 0.25) is 0 Å². The molecule has 1 aromatic heterocycles. The highest BCUT2D eigenvalue weighted by molar-refractivity contribution is 6.30. The summed E-state index contributed by atoms with van der Waals surface area (Å²) in [4.78, 5) is 25.9. The molecule has 33 heavy (non-hydrogen) atoms. The fourth-order valence-corrected chi connectivity index (χ4v) is 3.56. The molecular weight excluding hydrogens is 440 g/mol. The molecule has 2 amide bonds. The van der Waals surface area contributed by atoms with E-state index in [9.17, 15) is 9.59 Å². The number of hydrogen-bond donors (Lipinski definition) is 2. The maximum Gasteiger partial charge on any atom is 0.259 e. The van der Waals surface area contributed by atoms with Crippen LogP contribution in [-0.2, 0) is 0 Å². The van der Waals surface area contributed by atoms with Gasteiger partial charge in [0, 0.05) is 16.8 Å². The molecule has 0 bridgehead atoms. The van der Waals surface area contributed by atoms with Crippen molar-refractivity contribution in [2.75, 3.05) is 17.7 Å². The number of rotatable bonds is 6. The number of amides is 2. The molecule has 0 saturated heterocycles. The van der Waals surface area contributed by atoms with Gasteiger partial charge in [-0.2, -0.15) is 5.10 Å². The SMILES string of the molecule is COc1cccc(NC(=O)c2ccccc2NC(=O)c2cnn(-c3cccc(Cl)c3)c2C)c1. The van der Waals surface area contributed by atoms with Gasteiger partial charge < -0.3 is 15.4 Å². The molecule has 0 unspecified atom stereocenters. The Kier molecular flexibility index (Phi) is 6.42. The second kappa shape index (κ2) is 9.58. The monoisotopic (exact) mass is 460 g/mol. The van der Waals surface area contributed by atoms with E-state index in [0.29, 0.717) is 39.0 Å². The number of carbonyl (C=O) groups is 2. The van der Waals surface area contributed by atoms with E-state index in [-0.39, 0.29) is 11.8 Å². The summed E-state index contributed by atoms with van der Waals surface area (Å²) in [5, 5.41) is 10.6. The van der Waals surface area contributed by atoms with Crippen LogP contribution in [0.25, 0.3) is 5.69 Å². The summed E-state index contributed by atoms with van der Waals surface area (Å²) in [6.07, 6.45) is 1.49. The molecule has 0 aliphatic carbocycles. The number of carbonyl (C=O) groups excluding carboxylic acids is 2. The second-order valence-corrected chi connectivity index (χ2v) is 7.66. The quantitative estimate of drug-likeness (QED) is 0.406. The lowest BCUT2D eigenvalue weighted by molar-refractivity contribution is 0.102. The average molecular weight is 461 g/mol.